The summed E-state index contributed by atoms with van der Waals surface area (Å²) in [5.41, 5.74) is -0.286. The second-order valence-corrected chi connectivity index (χ2v) is 4.54. The number of ether oxygens (including phenoxy) is 1. The van der Waals surface area contributed by atoms with Gasteiger partial charge in [0.25, 0.3) is 5.91 Å². The van der Waals surface area contributed by atoms with Gasteiger partial charge in [0.2, 0.25) is 5.69 Å². The van der Waals surface area contributed by atoms with Crippen molar-refractivity contribution in [1.29, 1.82) is 10.5 Å². The third-order valence-corrected chi connectivity index (χ3v) is 2.94. The van der Waals surface area contributed by atoms with Crippen LogP contribution >= 0.6 is 0 Å². The highest BCUT2D eigenvalue weighted by Crippen LogP contribution is 2.07. The number of rotatable bonds is 5. The number of amides is 1. The first-order chi connectivity index (χ1) is 12.1. The van der Waals surface area contributed by atoms with E-state index in [-0.39, 0.29) is 23.7 Å². The largest absolute Gasteiger partial charge is 0.461 e. The summed E-state index contributed by atoms with van der Waals surface area (Å²) >= 11 is 0. The fourth-order valence-electron chi connectivity index (χ4n) is 1.81. The van der Waals surface area contributed by atoms with Crippen molar-refractivity contribution in [3.63, 3.8) is 0 Å². The van der Waals surface area contributed by atoms with Crippen LogP contribution in [0.4, 0.5) is 0 Å². The number of carbonyl (C=O) groups is 2. The molecule has 0 unspecified atom stereocenters. The molecule has 0 aliphatic rings. The highest BCUT2D eigenvalue weighted by Gasteiger charge is 2.18. The summed E-state index contributed by atoms with van der Waals surface area (Å²) < 4.78 is 5.81. The SMILES string of the molecule is CCOC(=O)/C(=C\n1nnc(C#N)c1C#N)NC(=O)c1ccccc1. The number of hydrogen-bond donors (Lipinski definition) is 1. The number of benzene rings is 1. The number of aromatic nitrogens is 3. The molecule has 2 rings (SSSR count). The van der Waals surface area contributed by atoms with Crippen molar-refractivity contribution in [3.8, 4) is 12.1 Å². The second-order valence-electron chi connectivity index (χ2n) is 4.54. The van der Waals surface area contributed by atoms with E-state index in [0.717, 1.165) is 10.9 Å². The molecule has 9 nitrogen and oxygen atoms in total. The maximum atomic E-state index is 12.2. The Balaban J connectivity index is 2.39. The van der Waals surface area contributed by atoms with Crippen LogP contribution in [-0.4, -0.2) is 33.5 Å². The molecule has 1 aromatic heterocycles. The summed E-state index contributed by atoms with van der Waals surface area (Å²) in [5, 5.41) is 27.5. The fourth-order valence-corrected chi connectivity index (χ4v) is 1.81. The maximum Gasteiger partial charge on any atom is 0.356 e. The summed E-state index contributed by atoms with van der Waals surface area (Å²) in [7, 11) is 0. The van der Waals surface area contributed by atoms with Gasteiger partial charge in [-0.25, -0.2) is 9.48 Å². The topological polar surface area (TPSA) is 134 Å². The summed E-state index contributed by atoms with van der Waals surface area (Å²) in [4.78, 5) is 24.3. The van der Waals surface area contributed by atoms with Gasteiger partial charge in [0, 0.05) is 5.56 Å². The van der Waals surface area contributed by atoms with E-state index in [4.69, 9.17) is 15.3 Å². The molecule has 124 valence electrons. The standard InChI is InChI=1S/C16H12N6O3/c1-2-25-16(24)13(19-15(23)11-6-4-3-5-7-11)10-22-14(9-18)12(8-17)20-21-22/h3-7,10H,2H2,1H3,(H,19,23)/b13-10+. The summed E-state index contributed by atoms with van der Waals surface area (Å²) in [6, 6.07) is 11.7. The third-order valence-electron chi connectivity index (χ3n) is 2.94. The van der Waals surface area contributed by atoms with Crippen LogP contribution in [0.25, 0.3) is 6.20 Å². The number of nitriles is 2. The molecule has 0 radical (unpaired) electrons. The van der Waals surface area contributed by atoms with Crippen LogP contribution in [0.1, 0.15) is 28.7 Å². The lowest BCUT2D eigenvalue weighted by Gasteiger charge is -2.09. The van der Waals surface area contributed by atoms with Crippen LogP contribution in [-0.2, 0) is 9.53 Å². The lowest BCUT2D eigenvalue weighted by Crippen LogP contribution is -2.29. The van der Waals surface area contributed by atoms with Crippen LogP contribution in [0, 0.1) is 22.7 Å². The van der Waals surface area contributed by atoms with E-state index >= 15 is 0 Å². The molecule has 1 amide bonds. The summed E-state index contributed by atoms with van der Waals surface area (Å²) in [6.07, 6.45) is 1.07. The number of nitrogens with zero attached hydrogens (tertiary/aromatic N) is 5. The van der Waals surface area contributed by atoms with Crippen LogP contribution in [0.15, 0.2) is 36.0 Å². The van der Waals surface area contributed by atoms with Gasteiger partial charge in [-0.1, -0.05) is 23.4 Å². The molecule has 0 bridgehead atoms. The Hall–Kier alpha value is -3.98. The molecule has 0 atom stereocenters. The minimum atomic E-state index is -0.815. The summed E-state index contributed by atoms with van der Waals surface area (Å²) in [5.74, 6) is -1.36. The van der Waals surface area contributed by atoms with E-state index in [1.807, 2.05) is 0 Å². The Kier molecular flexibility index (Phi) is 5.59. The molecule has 0 saturated heterocycles. The van der Waals surface area contributed by atoms with Crippen LogP contribution in [0.3, 0.4) is 0 Å². The van der Waals surface area contributed by atoms with Crippen LogP contribution in [0.2, 0.25) is 0 Å². The van der Waals surface area contributed by atoms with E-state index < -0.39 is 11.9 Å². The van der Waals surface area contributed by atoms with E-state index in [9.17, 15) is 9.59 Å². The molecule has 0 spiro atoms. The molecule has 2 aromatic rings. The maximum absolute atomic E-state index is 12.2. The van der Waals surface area contributed by atoms with Crippen molar-refractivity contribution >= 4 is 18.1 Å². The minimum absolute atomic E-state index is 0.0866. The average Bonchev–Trinajstić information content (AvgIpc) is 3.03. The van der Waals surface area contributed by atoms with Crippen molar-refractivity contribution in [2.45, 2.75) is 6.92 Å². The quantitative estimate of drug-likeness (QED) is 0.630. The van der Waals surface area contributed by atoms with Gasteiger partial charge in [-0.15, -0.1) is 5.10 Å². The highest BCUT2D eigenvalue weighted by molar-refractivity contribution is 6.02. The molecular weight excluding hydrogens is 324 g/mol. The molecular formula is C16H12N6O3. The summed E-state index contributed by atoms with van der Waals surface area (Å²) in [6.45, 7) is 1.70. The number of esters is 1. The highest BCUT2D eigenvalue weighted by atomic mass is 16.5. The van der Waals surface area contributed by atoms with Gasteiger partial charge in [0.05, 0.1) is 12.8 Å². The van der Waals surface area contributed by atoms with Crippen molar-refractivity contribution < 1.29 is 14.3 Å². The minimum Gasteiger partial charge on any atom is -0.461 e. The number of hydrogen-bond acceptors (Lipinski definition) is 7. The Morgan fingerprint density at radius 3 is 2.60 bits per heavy atom. The first kappa shape index (κ1) is 17.4. The van der Waals surface area contributed by atoms with Gasteiger partial charge in [0.15, 0.2) is 5.69 Å². The van der Waals surface area contributed by atoms with E-state index in [1.165, 1.54) is 0 Å². The number of carbonyl (C=O) groups excluding carboxylic acids is 2. The van der Waals surface area contributed by atoms with Gasteiger partial charge < -0.3 is 10.1 Å². The number of nitrogens with one attached hydrogen (secondary N) is 1. The average molecular weight is 336 g/mol. The fraction of sp³-hybridized carbons (Fsp3) is 0.125. The molecule has 1 aromatic carbocycles. The van der Waals surface area contributed by atoms with Crippen molar-refractivity contribution in [1.82, 2.24) is 20.3 Å². The first-order valence-electron chi connectivity index (χ1n) is 7.11. The van der Waals surface area contributed by atoms with Gasteiger partial charge >= 0.3 is 5.97 Å². The third kappa shape index (κ3) is 4.06. The Morgan fingerprint density at radius 1 is 1.28 bits per heavy atom. The zero-order valence-electron chi connectivity index (χ0n) is 13.1. The van der Waals surface area contributed by atoms with E-state index in [2.05, 4.69) is 15.6 Å². The predicted octanol–water partition coefficient (Wildman–Crippen LogP) is 0.813. The van der Waals surface area contributed by atoms with E-state index in [0.29, 0.717) is 5.56 Å². The monoisotopic (exact) mass is 336 g/mol. The van der Waals surface area contributed by atoms with Crippen LogP contribution < -0.4 is 5.32 Å². The smallest absolute Gasteiger partial charge is 0.356 e. The lowest BCUT2D eigenvalue weighted by atomic mass is 10.2. The molecule has 1 heterocycles. The van der Waals surface area contributed by atoms with Gasteiger partial charge in [-0.3, -0.25) is 4.79 Å². The Bertz CT molecular complexity index is 902. The van der Waals surface area contributed by atoms with Crippen molar-refractivity contribution in [2.75, 3.05) is 6.61 Å². The van der Waals surface area contributed by atoms with Crippen LogP contribution in [0.5, 0.6) is 0 Å². The van der Waals surface area contributed by atoms with Gasteiger partial charge in [-0.05, 0) is 19.1 Å². The second kappa shape index (κ2) is 8.04. The Labute approximate surface area is 142 Å². The molecule has 0 saturated carbocycles. The lowest BCUT2D eigenvalue weighted by molar-refractivity contribution is -0.138. The molecule has 0 aliphatic heterocycles. The van der Waals surface area contributed by atoms with Gasteiger partial charge in [-0.2, -0.15) is 10.5 Å². The molecule has 25 heavy (non-hydrogen) atoms. The van der Waals surface area contributed by atoms with Crippen molar-refractivity contribution in [3.05, 3.63) is 53.0 Å². The molecule has 0 aliphatic carbocycles. The predicted molar refractivity (Wildman–Crippen MR) is 84.3 cm³/mol. The Morgan fingerprint density at radius 2 is 2.00 bits per heavy atom. The zero-order valence-corrected chi connectivity index (χ0v) is 13.1. The normalized spacial score (nSPS) is 10.4. The van der Waals surface area contributed by atoms with Crippen molar-refractivity contribution in [2.24, 2.45) is 0 Å². The molecule has 1 N–H and O–H groups in total. The zero-order chi connectivity index (χ0) is 18.2. The van der Waals surface area contributed by atoms with Gasteiger partial charge in [0.1, 0.15) is 17.8 Å². The first-order valence-corrected chi connectivity index (χ1v) is 7.11. The van der Waals surface area contributed by atoms with E-state index in [1.54, 1.807) is 49.4 Å². The molecule has 0 fully saturated rings. The molecule has 9 heteroatoms.